The highest BCUT2D eigenvalue weighted by Crippen LogP contribution is 2.32. The fourth-order valence-electron chi connectivity index (χ4n) is 4.29. The van der Waals surface area contributed by atoms with Gasteiger partial charge in [-0.15, -0.1) is 0 Å². The molecular formula is C23H28N4O3. The van der Waals surface area contributed by atoms with Gasteiger partial charge in [-0.25, -0.2) is 0 Å². The summed E-state index contributed by atoms with van der Waals surface area (Å²) in [5, 5.41) is 14.6. The van der Waals surface area contributed by atoms with E-state index in [1.54, 1.807) is 12.1 Å². The maximum Gasteiger partial charge on any atom is 0.293 e. The number of piperidine rings is 1. The summed E-state index contributed by atoms with van der Waals surface area (Å²) < 4.78 is 0. The summed E-state index contributed by atoms with van der Waals surface area (Å²) in [5.74, 6) is 0.303. The molecule has 2 aliphatic heterocycles. The molecule has 0 spiro atoms. The second kappa shape index (κ2) is 8.73. The Morgan fingerprint density at radius 1 is 1.03 bits per heavy atom. The number of anilines is 3. The lowest BCUT2D eigenvalue weighted by molar-refractivity contribution is -0.384. The fourth-order valence-corrected chi connectivity index (χ4v) is 4.29. The molecule has 0 atom stereocenters. The molecule has 0 aromatic heterocycles. The minimum Gasteiger partial charge on any atom is -0.371 e. The summed E-state index contributed by atoms with van der Waals surface area (Å²) in [6.45, 7) is 5.87. The van der Waals surface area contributed by atoms with E-state index in [2.05, 4.69) is 22.0 Å². The van der Waals surface area contributed by atoms with Crippen molar-refractivity contribution in [1.82, 2.24) is 0 Å². The Hall–Kier alpha value is -3.09. The predicted molar refractivity (Wildman–Crippen MR) is 120 cm³/mol. The van der Waals surface area contributed by atoms with E-state index < -0.39 is 4.92 Å². The molecule has 4 rings (SSSR count). The zero-order valence-corrected chi connectivity index (χ0v) is 17.3. The number of benzene rings is 2. The van der Waals surface area contributed by atoms with Crippen LogP contribution in [0.4, 0.5) is 22.7 Å². The van der Waals surface area contributed by atoms with Gasteiger partial charge in [0.15, 0.2) is 0 Å². The van der Waals surface area contributed by atoms with Gasteiger partial charge in [0.25, 0.3) is 11.6 Å². The number of hydrogen-bond donors (Lipinski definition) is 1. The average molecular weight is 409 g/mol. The van der Waals surface area contributed by atoms with Crippen molar-refractivity contribution >= 4 is 28.7 Å². The number of amides is 1. The Labute approximate surface area is 176 Å². The molecule has 0 bridgehead atoms. The molecule has 2 aromatic rings. The van der Waals surface area contributed by atoms with E-state index in [0.717, 1.165) is 44.7 Å². The SMILES string of the molecule is CC1CCN(c2ccc(C(=O)Nc3cccc(N4CCCC4)c3)cc2[N+](=O)[O-])CC1. The van der Waals surface area contributed by atoms with E-state index in [-0.39, 0.29) is 11.6 Å². The van der Waals surface area contributed by atoms with Crippen LogP contribution in [0, 0.1) is 16.0 Å². The number of nitro groups is 1. The van der Waals surface area contributed by atoms with Gasteiger partial charge in [0.05, 0.1) is 4.92 Å². The van der Waals surface area contributed by atoms with Crippen molar-refractivity contribution in [3.8, 4) is 0 Å². The number of nitro benzene ring substituents is 1. The highest BCUT2D eigenvalue weighted by atomic mass is 16.6. The molecule has 2 heterocycles. The summed E-state index contributed by atoms with van der Waals surface area (Å²) in [6, 6.07) is 12.6. The highest BCUT2D eigenvalue weighted by Gasteiger charge is 2.25. The van der Waals surface area contributed by atoms with Crippen molar-refractivity contribution in [2.45, 2.75) is 32.6 Å². The number of nitrogens with one attached hydrogen (secondary N) is 1. The molecule has 2 saturated heterocycles. The van der Waals surface area contributed by atoms with Gasteiger partial charge in [-0.1, -0.05) is 13.0 Å². The maximum atomic E-state index is 12.8. The Morgan fingerprint density at radius 3 is 2.47 bits per heavy atom. The Morgan fingerprint density at radius 2 is 1.77 bits per heavy atom. The first-order chi connectivity index (χ1) is 14.5. The molecule has 0 radical (unpaired) electrons. The smallest absolute Gasteiger partial charge is 0.293 e. The number of hydrogen-bond acceptors (Lipinski definition) is 5. The van der Waals surface area contributed by atoms with E-state index in [1.807, 2.05) is 24.3 Å². The van der Waals surface area contributed by atoms with Crippen LogP contribution in [-0.2, 0) is 0 Å². The molecule has 30 heavy (non-hydrogen) atoms. The van der Waals surface area contributed by atoms with Crippen LogP contribution in [-0.4, -0.2) is 37.0 Å². The van der Waals surface area contributed by atoms with E-state index in [9.17, 15) is 14.9 Å². The molecule has 2 aliphatic rings. The zero-order valence-electron chi connectivity index (χ0n) is 17.3. The second-order valence-corrected chi connectivity index (χ2v) is 8.33. The van der Waals surface area contributed by atoms with E-state index in [1.165, 1.54) is 18.9 Å². The Bertz CT molecular complexity index is 932. The van der Waals surface area contributed by atoms with Crippen LogP contribution < -0.4 is 15.1 Å². The molecular weight excluding hydrogens is 380 g/mol. The summed E-state index contributed by atoms with van der Waals surface area (Å²) in [6.07, 6.45) is 4.41. The summed E-state index contributed by atoms with van der Waals surface area (Å²) in [5.41, 5.74) is 2.66. The van der Waals surface area contributed by atoms with Crippen LogP contribution in [0.25, 0.3) is 0 Å². The summed E-state index contributed by atoms with van der Waals surface area (Å²) in [7, 11) is 0. The molecule has 0 aliphatic carbocycles. The first-order valence-corrected chi connectivity index (χ1v) is 10.7. The molecule has 2 fully saturated rings. The largest absolute Gasteiger partial charge is 0.371 e. The highest BCUT2D eigenvalue weighted by molar-refractivity contribution is 6.05. The van der Waals surface area contributed by atoms with Gasteiger partial charge in [0, 0.05) is 49.2 Å². The third-order valence-corrected chi connectivity index (χ3v) is 6.13. The van der Waals surface area contributed by atoms with E-state index >= 15 is 0 Å². The normalized spacial score (nSPS) is 17.2. The van der Waals surface area contributed by atoms with Gasteiger partial charge >= 0.3 is 0 Å². The topological polar surface area (TPSA) is 78.7 Å². The minimum atomic E-state index is -0.391. The number of carbonyl (C=O) groups excluding carboxylic acids is 1. The van der Waals surface area contributed by atoms with Crippen molar-refractivity contribution in [3.05, 3.63) is 58.1 Å². The van der Waals surface area contributed by atoms with Crippen LogP contribution in [0.15, 0.2) is 42.5 Å². The Balaban J connectivity index is 1.52. The molecule has 1 amide bonds. The van der Waals surface area contributed by atoms with Crippen molar-refractivity contribution in [2.24, 2.45) is 5.92 Å². The first kappa shape index (κ1) is 20.2. The van der Waals surface area contributed by atoms with Crippen molar-refractivity contribution in [1.29, 1.82) is 0 Å². The summed E-state index contributed by atoms with van der Waals surface area (Å²) >= 11 is 0. The molecule has 2 aromatic carbocycles. The van der Waals surface area contributed by atoms with Gasteiger partial charge in [-0.2, -0.15) is 0 Å². The number of rotatable bonds is 5. The van der Waals surface area contributed by atoms with Crippen LogP contribution >= 0.6 is 0 Å². The lowest BCUT2D eigenvalue weighted by Gasteiger charge is -2.31. The van der Waals surface area contributed by atoms with Crippen LogP contribution in [0.3, 0.4) is 0 Å². The van der Waals surface area contributed by atoms with Gasteiger partial charge in [0.2, 0.25) is 0 Å². The van der Waals surface area contributed by atoms with Gasteiger partial charge in [-0.05, 0) is 61.9 Å². The molecule has 0 unspecified atom stereocenters. The third kappa shape index (κ3) is 4.40. The van der Waals surface area contributed by atoms with Crippen LogP contribution in [0.5, 0.6) is 0 Å². The predicted octanol–water partition coefficient (Wildman–Crippen LogP) is 4.68. The second-order valence-electron chi connectivity index (χ2n) is 8.33. The molecule has 1 N–H and O–H groups in total. The molecule has 7 nitrogen and oxygen atoms in total. The van der Waals surface area contributed by atoms with Gasteiger partial charge in [0.1, 0.15) is 5.69 Å². The van der Waals surface area contributed by atoms with Gasteiger partial charge < -0.3 is 15.1 Å². The Kier molecular flexibility index (Phi) is 5.88. The zero-order chi connectivity index (χ0) is 21.1. The van der Waals surface area contributed by atoms with Crippen molar-refractivity contribution in [3.63, 3.8) is 0 Å². The fraction of sp³-hybridized carbons (Fsp3) is 0.435. The van der Waals surface area contributed by atoms with Crippen molar-refractivity contribution < 1.29 is 9.72 Å². The monoisotopic (exact) mass is 408 g/mol. The van der Waals surface area contributed by atoms with Crippen LogP contribution in [0.2, 0.25) is 0 Å². The maximum absolute atomic E-state index is 12.8. The molecule has 0 saturated carbocycles. The molecule has 7 heteroatoms. The standard InChI is InChI=1S/C23H28N4O3/c1-17-9-13-26(14-10-17)21-8-7-18(15-22(21)27(29)30)23(28)24-19-5-4-6-20(16-19)25-11-2-3-12-25/h4-8,15-17H,2-3,9-14H2,1H3,(H,24,28). The lowest BCUT2D eigenvalue weighted by Crippen LogP contribution is -2.33. The average Bonchev–Trinajstić information content (AvgIpc) is 3.29. The van der Waals surface area contributed by atoms with Crippen LogP contribution in [0.1, 0.15) is 43.0 Å². The quantitative estimate of drug-likeness (QED) is 0.574. The van der Waals surface area contributed by atoms with Crippen molar-refractivity contribution in [2.75, 3.05) is 41.3 Å². The third-order valence-electron chi connectivity index (χ3n) is 6.13. The lowest BCUT2D eigenvalue weighted by atomic mass is 9.98. The van der Waals surface area contributed by atoms with E-state index in [4.69, 9.17) is 0 Å². The number of nitrogens with zero attached hydrogens (tertiary/aromatic N) is 3. The minimum absolute atomic E-state index is 0.0111. The van der Waals surface area contributed by atoms with E-state index in [0.29, 0.717) is 22.9 Å². The summed E-state index contributed by atoms with van der Waals surface area (Å²) in [4.78, 5) is 28.5. The molecule has 158 valence electrons. The first-order valence-electron chi connectivity index (χ1n) is 10.7. The number of carbonyl (C=O) groups is 1. The van der Waals surface area contributed by atoms with Gasteiger partial charge in [-0.3, -0.25) is 14.9 Å².